The number of ether oxygens (including phenoxy) is 1. The van der Waals surface area contributed by atoms with Crippen LogP contribution in [0, 0.1) is 5.92 Å². The number of likely N-dealkylation sites (tertiary alicyclic amines) is 2. The van der Waals surface area contributed by atoms with Crippen molar-refractivity contribution in [1.82, 2.24) is 9.80 Å². The summed E-state index contributed by atoms with van der Waals surface area (Å²) in [5.41, 5.74) is -1.12. The summed E-state index contributed by atoms with van der Waals surface area (Å²) in [6.07, 6.45) is 4.78. The molecule has 2 aliphatic rings. The van der Waals surface area contributed by atoms with Crippen molar-refractivity contribution in [1.29, 1.82) is 0 Å². The van der Waals surface area contributed by atoms with Crippen LogP contribution in [0.1, 0.15) is 59.8 Å². The number of rotatable bonds is 3. The van der Waals surface area contributed by atoms with Crippen molar-refractivity contribution in [3.05, 3.63) is 0 Å². The fourth-order valence-corrected chi connectivity index (χ4v) is 3.56. The van der Waals surface area contributed by atoms with E-state index in [-0.39, 0.29) is 6.09 Å². The molecule has 0 aliphatic carbocycles. The number of hydrogen-bond acceptors (Lipinski definition) is 4. The number of β-amino-alcohol motifs (C(OH)–C–C–N with tert-alkyl or cyclic N) is 1. The van der Waals surface area contributed by atoms with Crippen LogP contribution in [0.4, 0.5) is 4.79 Å². The molecule has 0 aromatic heterocycles. The van der Waals surface area contributed by atoms with Gasteiger partial charge in [-0.15, -0.1) is 0 Å². The molecule has 2 fully saturated rings. The molecule has 0 saturated carbocycles. The number of carbonyl (C=O) groups excluding carboxylic acids is 1. The molecule has 0 atom stereocenters. The van der Waals surface area contributed by atoms with Crippen molar-refractivity contribution in [2.45, 2.75) is 71.0 Å². The molecule has 0 spiro atoms. The Bertz CT molecular complexity index is 390. The largest absolute Gasteiger partial charge is 0.444 e. The lowest BCUT2D eigenvalue weighted by atomic mass is 9.88. The van der Waals surface area contributed by atoms with Crippen molar-refractivity contribution < 1.29 is 14.6 Å². The second-order valence-corrected chi connectivity index (χ2v) is 8.32. The van der Waals surface area contributed by atoms with Gasteiger partial charge in [-0.3, -0.25) is 0 Å². The molecule has 2 aliphatic heterocycles. The predicted molar refractivity (Wildman–Crippen MR) is 91.4 cm³/mol. The Labute approximate surface area is 141 Å². The highest BCUT2D eigenvalue weighted by atomic mass is 16.6. The molecule has 5 heteroatoms. The molecule has 2 rings (SSSR count). The summed E-state index contributed by atoms with van der Waals surface area (Å²) in [5, 5.41) is 10.9. The summed E-state index contributed by atoms with van der Waals surface area (Å²) in [7, 11) is 0. The molecule has 23 heavy (non-hydrogen) atoms. The number of hydrogen-bond donors (Lipinski definition) is 1. The van der Waals surface area contributed by atoms with Gasteiger partial charge in [0, 0.05) is 19.6 Å². The number of nitrogens with zero attached hydrogens (tertiary/aromatic N) is 2. The average molecular weight is 326 g/mol. The van der Waals surface area contributed by atoms with Crippen LogP contribution >= 0.6 is 0 Å². The highest BCUT2D eigenvalue weighted by molar-refractivity contribution is 5.68. The Kier molecular flexibility index (Phi) is 5.95. The van der Waals surface area contributed by atoms with Crippen molar-refractivity contribution in [3.63, 3.8) is 0 Å². The lowest BCUT2D eigenvalue weighted by Gasteiger charge is -2.42. The van der Waals surface area contributed by atoms with Gasteiger partial charge in [-0.05, 0) is 65.5 Å². The third kappa shape index (κ3) is 5.64. The van der Waals surface area contributed by atoms with Crippen LogP contribution in [0.25, 0.3) is 0 Å². The first-order valence-electron chi connectivity index (χ1n) is 9.13. The molecule has 2 heterocycles. The Morgan fingerprint density at radius 3 is 2.22 bits per heavy atom. The molecule has 134 valence electrons. The smallest absolute Gasteiger partial charge is 0.410 e. The molecule has 1 N–H and O–H groups in total. The summed E-state index contributed by atoms with van der Waals surface area (Å²) in [6.45, 7) is 12.0. The standard InChI is InChI=1S/C18H34N2O3/c1-5-15-6-10-19(11-7-15)14-18(22)8-12-20(13-9-18)16(21)23-17(2,3)4/h15,22H,5-14H2,1-4H3. The molecule has 1 amide bonds. The molecule has 0 aromatic carbocycles. The van der Waals surface area contributed by atoms with E-state index in [9.17, 15) is 9.90 Å². The SMILES string of the molecule is CCC1CCN(CC2(O)CCN(C(=O)OC(C)(C)C)CC2)CC1. The molecule has 2 saturated heterocycles. The van der Waals surface area contributed by atoms with Gasteiger partial charge in [-0.25, -0.2) is 4.79 Å². The first kappa shape index (κ1) is 18.5. The monoisotopic (exact) mass is 326 g/mol. The van der Waals surface area contributed by atoms with E-state index >= 15 is 0 Å². The van der Waals surface area contributed by atoms with E-state index in [4.69, 9.17) is 4.74 Å². The minimum atomic E-state index is -0.655. The lowest BCUT2D eigenvalue weighted by molar-refractivity contribution is -0.0542. The molecule has 0 bridgehead atoms. The Hall–Kier alpha value is -0.810. The van der Waals surface area contributed by atoms with E-state index < -0.39 is 11.2 Å². The number of aliphatic hydroxyl groups is 1. The molecular weight excluding hydrogens is 292 g/mol. The van der Waals surface area contributed by atoms with E-state index in [1.165, 1.54) is 19.3 Å². The van der Waals surface area contributed by atoms with Crippen LogP contribution < -0.4 is 0 Å². The van der Waals surface area contributed by atoms with Gasteiger partial charge in [0.25, 0.3) is 0 Å². The number of piperidine rings is 2. The van der Waals surface area contributed by atoms with Gasteiger partial charge < -0.3 is 19.6 Å². The Morgan fingerprint density at radius 2 is 1.74 bits per heavy atom. The minimum Gasteiger partial charge on any atom is -0.444 e. The molecular formula is C18H34N2O3. The van der Waals surface area contributed by atoms with Gasteiger partial charge in [0.05, 0.1) is 5.60 Å². The first-order chi connectivity index (χ1) is 10.7. The van der Waals surface area contributed by atoms with Gasteiger partial charge in [-0.2, -0.15) is 0 Å². The van der Waals surface area contributed by atoms with Gasteiger partial charge in [0.1, 0.15) is 5.60 Å². The Balaban J connectivity index is 1.77. The molecule has 5 nitrogen and oxygen atoms in total. The molecule has 0 radical (unpaired) electrons. The topological polar surface area (TPSA) is 53.0 Å². The third-order valence-corrected chi connectivity index (χ3v) is 5.15. The lowest BCUT2D eigenvalue weighted by Crippen LogP contribution is -2.53. The van der Waals surface area contributed by atoms with Crippen LogP contribution in [0.5, 0.6) is 0 Å². The zero-order chi connectivity index (χ0) is 17.1. The number of carbonyl (C=O) groups is 1. The van der Waals surface area contributed by atoms with E-state index in [1.54, 1.807) is 4.90 Å². The quantitative estimate of drug-likeness (QED) is 0.866. The van der Waals surface area contributed by atoms with Crippen LogP contribution in [-0.2, 0) is 4.74 Å². The zero-order valence-corrected chi connectivity index (χ0v) is 15.3. The summed E-state index contributed by atoms with van der Waals surface area (Å²) in [5.74, 6) is 0.856. The maximum absolute atomic E-state index is 12.1. The van der Waals surface area contributed by atoms with Gasteiger partial charge in [0.2, 0.25) is 0 Å². The highest BCUT2D eigenvalue weighted by Crippen LogP contribution is 2.27. The van der Waals surface area contributed by atoms with E-state index in [0.717, 1.165) is 25.6 Å². The van der Waals surface area contributed by atoms with Crippen molar-refractivity contribution in [2.24, 2.45) is 5.92 Å². The van der Waals surface area contributed by atoms with Gasteiger partial charge >= 0.3 is 6.09 Å². The number of amides is 1. The maximum Gasteiger partial charge on any atom is 0.410 e. The zero-order valence-electron chi connectivity index (χ0n) is 15.3. The van der Waals surface area contributed by atoms with Crippen molar-refractivity contribution in [3.8, 4) is 0 Å². The van der Waals surface area contributed by atoms with E-state index in [0.29, 0.717) is 25.9 Å². The van der Waals surface area contributed by atoms with Gasteiger partial charge in [0.15, 0.2) is 0 Å². The van der Waals surface area contributed by atoms with Gasteiger partial charge in [-0.1, -0.05) is 13.3 Å². The minimum absolute atomic E-state index is 0.261. The van der Waals surface area contributed by atoms with E-state index in [1.807, 2.05) is 20.8 Å². The summed E-state index contributed by atoms with van der Waals surface area (Å²) in [6, 6.07) is 0. The highest BCUT2D eigenvalue weighted by Gasteiger charge is 2.37. The second kappa shape index (κ2) is 7.39. The van der Waals surface area contributed by atoms with Crippen LogP contribution in [0.3, 0.4) is 0 Å². The van der Waals surface area contributed by atoms with Crippen LogP contribution in [-0.4, -0.2) is 64.9 Å². The summed E-state index contributed by atoms with van der Waals surface area (Å²) < 4.78 is 5.41. The molecule has 0 aromatic rings. The average Bonchev–Trinajstić information content (AvgIpc) is 2.46. The third-order valence-electron chi connectivity index (χ3n) is 5.15. The fraction of sp³-hybridized carbons (Fsp3) is 0.944. The summed E-state index contributed by atoms with van der Waals surface area (Å²) >= 11 is 0. The van der Waals surface area contributed by atoms with Crippen LogP contribution in [0.15, 0.2) is 0 Å². The normalized spacial score (nSPS) is 23.8. The van der Waals surface area contributed by atoms with Crippen molar-refractivity contribution in [2.75, 3.05) is 32.7 Å². The Morgan fingerprint density at radius 1 is 1.17 bits per heavy atom. The molecule has 0 unspecified atom stereocenters. The second-order valence-electron chi connectivity index (χ2n) is 8.32. The summed E-state index contributed by atoms with van der Waals surface area (Å²) in [4.78, 5) is 16.2. The van der Waals surface area contributed by atoms with E-state index in [2.05, 4.69) is 11.8 Å². The van der Waals surface area contributed by atoms with Crippen LogP contribution in [0.2, 0.25) is 0 Å². The predicted octanol–water partition coefficient (Wildman–Crippen LogP) is 2.87. The fourth-order valence-electron chi connectivity index (χ4n) is 3.56. The maximum atomic E-state index is 12.1. The van der Waals surface area contributed by atoms with Crippen molar-refractivity contribution >= 4 is 6.09 Å². The first-order valence-corrected chi connectivity index (χ1v) is 9.13.